The topological polar surface area (TPSA) is 110 Å². The van der Waals surface area contributed by atoms with Gasteiger partial charge in [-0.05, 0) is 24.6 Å². The number of nitrogens with one attached hydrogen (secondary N) is 1. The minimum absolute atomic E-state index is 0.102. The lowest BCUT2D eigenvalue weighted by Crippen LogP contribution is -2.37. The van der Waals surface area contributed by atoms with Crippen molar-refractivity contribution in [3.8, 4) is 0 Å². The number of benzene rings is 2. The zero-order chi connectivity index (χ0) is 17.0. The number of aliphatic hydroxyl groups excluding tert-OH is 1. The summed E-state index contributed by atoms with van der Waals surface area (Å²) >= 11 is 0. The van der Waals surface area contributed by atoms with E-state index in [9.17, 15) is 23.6 Å². The SMILES string of the molecule is C[C@@H](NS(=O)(=O)c1ccc([N+](=O)[O-])cc1)[C@@H](O)c1ccccc1. The number of nitro benzene ring substituents is 1. The van der Waals surface area contributed by atoms with Crippen LogP contribution in [0.3, 0.4) is 0 Å². The summed E-state index contributed by atoms with van der Waals surface area (Å²) < 4.78 is 26.9. The van der Waals surface area contributed by atoms with Crippen LogP contribution in [-0.4, -0.2) is 24.5 Å². The van der Waals surface area contributed by atoms with E-state index in [1.54, 1.807) is 37.3 Å². The van der Waals surface area contributed by atoms with Crippen LogP contribution in [0.25, 0.3) is 0 Å². The van der Waals surface area contributed by atoms with E-state index in [4.69, 9.17) is 0 Å². The van der Waals surface area contributed by atoms with Crippen LogP contribution in [0.15, 0.2) is 59.5 Å². The standard InChI is InChI=1S/C15H16N2O5S/c1-11(15(18)12-5-3-2-4-6-12)16-23(21,22)14-9-7-13(8-10-14)17(19)20/h2-11,15-16,18H,1H3/t11-,15-/m1/s1. The Morgan fingerprint density at radius 3 is 2.17 bits per heavy atom. The van der Waals surface area contributed by atoms with Crippen molar-refractivity contribution in [1.82, 2.24) is 4.72 Å². The maximum Gasteiger partial charge on any atom is 0.269 e. The molecule has 0 spiro atoms. The molecule has 2 aromatic rings. The van der Waals surface area contributed by atoms with Crippen LogP contribution >= 0.6 is 0 Å². The van der Waals surface area contributed by atoms with E-state index in [1.165, 1.54) is 0 Å². The Labute approximate surface area is 133 Å². The van der Waals surface area contributed by atoms with Gasteiger partial charge in [0.15, 0.2) is 0 Å². The number of sulfonamides is 1. The molecule has 0 aliphatic carbocycles. The molecule has 0 radical (unpaired) electrons. The van der Waals surface area contributed by atoms with Gasteiger partial charge in [-0.1, -0.05) is 30.3 Å². The predicted molar refractivity (Wildman–Crippen MR) is 84.3 cm³/mol. The molecule has 2 aromatic carbocycles. The fourth-order valence-electron chi connectivity index (χ4n) is 2.06. The van der Waals surface area contributed by atoms with E-state index in [2.05, 4.69) is 4.72 Å². The number of nitrogens with zero attached hydrogens (tertiary/aromatic N) is 1. The summed E-state index contributed by atoms with van der Waals surface area (Å²) in [6.07, 6.45) is -1.01. The van der Waals surface area contributed by atoms with Crippen LogP contribution < -0.4 is 4.72 Å². The first-order valence-electron chi connectivity index (χ1n) is 6.81. The molecule has 0 aliphatic heterocycles. The van der Waals surface area contributed by atoms with Gasteiger partial charge in [-0.25, -0.2) is 13.1 Å². The van der Waals surface area contributed by atoms with E-state index in [0.717, 1.165) is 24.3 Å². The Morgan fingerprint density at radius 2 is 1.65 bits per heavy atom. The highest BCUT2D eigenvalue weighted by Crippen LogP contribution is 2.20. The second-order valence-corrected chi connectivity index (χ2v) is 6.73. The summed E-state index contributed by atoms with van der Waals surface area (Å²) in [6, 6.07) is 12.5. The van der Waals surface area contributed by atoms with E-state index in [0.29, 0.717) is 5.56 Å². The average molecular weight is 336 g/mol. The Bertz CT molecular complexity index is 775. The summed E-state index contributed by atoms with van der Waals surface area (Å²) in [5, 5.41) is 20.8. The lowest BCUT2D eigenvalue weighted by atomic mass is 10.0. The molecular weight excluding hydrogens is 320 g/mol. The van der Waals surface area contributed by atoms with Gasteiger partial charge in [0.25, 0.3) is 5.69 Å². The van der Waals surface area contributed by atoms with Gasteiger partial charge in [0.1, 0.15) is 0 Å². The Balaban J connectivity index is 2.15. The number of rotatable bonds is 6. The van der Waals surface area contributed by atoms with Crippen molar-refractivity contribution in [1.29, 1.82) is 0 Å². The predicted octanol–water partition coefficient (Wildman–Crippen LogP) is 2.00. The second kappa shape index (κ2) is 6.86. The average Bonchev–Trinajstić information content (AvgIpc) is 2.54. The minimum Gasteiger partial charge on any atom is -0.387 e. The van der Waals surface area contributed by atoms with E-state index >= 15 is 0 Å². The van der Waals surface area contributed by atoms with Crippen LogP contribution in [0.4, 0.5) is 5.69 Å². The van der Waals surface area contributed by atoms with Gasteiger partial charge in [-0.15, -0.1) is 0 Å². The molecule has 0 saturated heterocycles. The van der Waals surface area contributed by atoms with Gasteiger partial charge >= 0.3 is 0 Å². The molecule has 2 atom stereocenters. The van der Waals surface area contributed by atoms with Crippen molar-refractivity contribution >= 4 is 15.7 Å². The number of non-ortho nitro benzene ring substituents is 1. The maximum absolute atomic E-state index is 12.3. The van der Waals surface area contributed by atoms with Crippen molar-refractivity contribution < 1.29 is 18.4 Å². The fraction of sp³-hybridized carbons (Fsp3) is 0.200. The second-order valence-electron chi connectivity index (χ2n) is 5.02. The van der Waals surface area contributed by atoms with Gasteiger partial charge in [0.2, 0.25) is 10.0 Å². The Hall–Kier alpha value is -2.29. The molecule has 0 aliphatic rings. The number of hydrogen-bond acceptors (Lipinski definition) is 5. The highest BCUT2D eigenvalue weighted by atomic mass is 32.2. The third-order valence-corrected chi connectivity index (χ3v) is 4.89. The van der Waals surface area contributed by atoms with Crippen molar-refractivity contribution in [3.05, 3.63) is 70.3 Å². The number of hydrogen-bond donors (Lipinski definition) is 2. The molecule has 7 nitrogen and oxygen atoms in total. The molecule has 2 rings (SSSR count). The van der Waals surface area contributed by atoms with Gasteiger partial charge in [0, 0.05) is 18.2 Å². The summed E-state index contributed by atoms with van der Waals surface area (Å²) in [4.78, 5) is 9.89. The summed E-state index contributed by atoms with van der Waals surface area (Å²) in [6.45, 7) is 1.54. The normalized spacial score (nSPS) is 14.2. The molecule has 0 amide bonds. The zero-order valence-electron chi connectivity index (χ0n) is 12.3. The molecule has 0 fully saturated rings. The number of nitro groups is 1. The first-order chi connectivity index (χ1) is 10.8. The van der Waals surface area contributed by atoms with Crippen LogP contribution in [0, 0.1) is 10.1 Å². The first-order valence-corrected chi connectivity index (χ1v) is 8.29. The van der Waals surface area contributed by atoms with Crippen LogP contribution in [0.2, 0.25) is 0 Å². The lowest BCUT2D eigenvalue weighted by Gasteiger charge is -2.20. The van der Waals surface area contributed by atoms with Crippen molar-refractivity contribution in [2.45, 2.75) is 24.0 Å². The Morgan fingerprint density at radius 1 is 1.09 bits per heavy atom. The molecule has 8 heteroatoms. The summed E-state index contributed by atoms with van der Waals surface area (Å²) in [5.41, 5.74) is 0.396. The number of aliphatic hydroxyl groups is 1. The van der Waals surface area contributed by atoms with Crippen LogP contribution in [0.1, 0.15) is 18.6 Å². The van der Waals surface area contributed by atoms with E-state index in [1.807, 2.05) is 0 Å². The minimum atomic E-state index is -3.89. The quantitative estimate of drug-likeness (QED) is 0.619. The first kappa shape index (κ1) is 17.1. The van der Waals surface area contributed by atoms with Crippen molar-refractivity contribution in [3.63, 3.8) is 0 Å². The van der Waals surface area contributed by atoms with Crippen LogP contribution in [0.5, 0.6) is 0 Å². The van der Waals surface area contributed by atoms with Gasteiger partial charge in [0.05, 0.1) is 15.9 Å². The molecule has 0 saturated carbocycles. The Kier molecular flexibility index (Phi) is 5.09. The largest absolute Gasteiger partial charge is 0.387 e. The zero-order valence-corrected chi connectivity index (χ0v) is 13.1. The van der Waals surface area contributed by atoms with Gasteiger partial charge in [-0.2, -0.15) is 0 Å². The fourth-order valence-corrected chi connectivity index (χ4v) is 3.31. The van der Waals surface area contributed by atoms with Gasteiger partial charge in [-0.3, -0.25) is 10.1 Å². The summed E-state index contributed by atoms with van der Waals surface area (Å²) in [7, 11) is -3.89. The van der Waals surface area contributed by atoms with Crippen molar-refractivity contribution in [2.75, 3.05) is 0 Å². The smallest absolute Gasteiger partial charge is 0.269 e. The highest BCUT2D eigenvalue weighted by molar-refractivity contribution is 7.89. The lowest BCUT2D eigenvalue weighted by molar-refractivity contribution is -0.384. The van der Waals surface area contributed by atoms with E-state index in [-0.39, 0.29) is 10.6 Å². The molecule has 122 valence electrons. The van der Waals surface area contributed by atoms with Gasteiger partial charge < -0.3 is 5.11 Å². The monoisotopic (exact) mass is 336 g/mol. The maximum atomic E-state index is 12.3. The summed E-state index contributed by atoms with van der Waals surface area (Å²) in [5.74, 6) is 0. The van der Waals surface area contributed by atoms with Crippen molar-refractivity contribution in [2.24, 2.45) is 0 Å². The molecule has 0 bridgehead atoms. The highest BCUT2D eigenvalue weighted by Gasteiger charge is 2.23. The molecule has 0 unspecified atom stereocenters. The molecule has 2 N–H and O–H groups in total. The molecular formula is C15H16N2O5S. The third-order valence-electron chi connectivity index (χ3n) is 3.31. The van der Waals surface area contributed by atoms with Crippen LogP contribution in [-0.2, 0) is 10.0 Å². The molecule has 23 heavy (non-hydrogen) atoms. The molecule has 0 aromatic heterocycles. The van der Waals surface area contributed by atoms with E-state index < -0.39 is 27.1 Å². The third kappa shape index (κ3) is 4.13. The molecule has 0 heterocycles.